The summed E-state index contributed by atoms with van der Waals surface area (Å²) in [4.78, 5) is 14.2. The van der Waals surface area contributed by atoms with Crippen molar-refractivity contribution in [1.82, 2.24) is 10.2 Å². The van der Waals surface area contributed by atoms with Crippen molar-refractivity contribution in [3.63, 3.8) is 0 Å². The van der Waals surface area contributed by atoms with Crippen LogP contribution < -0.4 is 10.6 Å². The molecule has 1 atom stereocenters. The minimum Gasteiger partial charge on any atom is -0.326 e. The van der Waals surface area contributed by atoms with E-state index in [1.807, 2.05) is 7.05 Å². The first kappa shape index (κ1) is 13.5. The van der Waals surface area contributed by atoms with E-state index in [1.165, 1.54) is 0 Å². The number of benzene rings is 1. The molecule has 0 aromatic heterocycles. The fourth-order valence-electron chi connectivity index (χ4n) is 2.18. The van der Waals surface area contributed by atoms with Crippen LogP contribution in [0.5, 0.6) is 0 Å². The average molecular weight is 258 g/mol. The van der Waals surface area contributed by atoms with Gasteiger partial charge in [0.05, 0.1) is 11.6 Å². The van der Waals surface area contributed by atoms with Crippen LogP contribution in [-0.4, -0.2) is 43.5 Å². The predicted octanol–water partition coefficient (Wildman–Crippen LogP) is 0.790. The van der Waals surface area contributed by atoms with Gasteiger partial charge < -0.3 is 15.5 Å². The normalized spacial score (nSPS) is 19.7. The molecule has 1 fully saturated rings. The summed E-state index contributed by atoms with van der Waals surface area (Å²) in [5, 5.41) is 14.9. The minimum atomic E-state index is -0.0179. The molecule has 1 aromatic rings. The predicted molar refractivity (Wildman–Crippen MR) is 73.7 cm³/mol. The molecule has 2 rings (SSSR count). The van der Waals surface area contributed by atoms with Crippen molar-refractivity contribution in [1.29, 1.82) is 5.26 Å². The lowest BCUT2D eigenvalue weighted by atomic mass is 10.1. The number of anilines is 1. The van der Waals surface area contributed by atoms with E-state index < -0.39 is 0 Å². The van der Waals surface area contributed by atoms with E-state index in [9.17, 15) is 4.79 Å². The monoisotopic (exact) mass is 258 g/mol. The van der Waals surface area contributed by atoms with E-state index >= 15 is 0 Å². The number of nitriles is 1. The van der Waals surface area contributed by atoms with Crippen molar-refractivity contribution in [3.05, 3.63) is 29.8 Å². The quantitative estimate of drug-likeness (QED) is 0.841. The second kappa shape index (κ2) is 6.32. The van der Waals surface area contributed by atoms with Crippen molar-refractivity contribution >= 4 is 11.6 Å². The summed E-state index contributed by atoms with van der Waals surface area (Å²) in [5.41, 5.74) is 1.23. The molecule has 1 aromatic carbocycles. The molecule has 5 nitrogen and oxygen atoms in total. The first-order valence-electron chi connectivity index (χ1n) is 6.40. The number of carbonyl (C=O) groups is 1. The van der Waals surface area contributed by atoms with E-state index in [0.717, 1.165) is 19.6 Å². The van der Waals surface area contributed by atoms with Crippen molar-refractivity contribution in [2.45, 2.75) is 12.5 Å². The van der Waals surface area contributed by atoms with Crippen molar-refractivity contribution in [2.24, 2.45) is 0 Å². The van der Waals surface area contributed by atoms with Gasteiger partial charge in [-0.15, -0.1) is 0 Å². The van der Waals surface area contributed by atoms with E-state index in [0.29, 0.717) is 17.7 Å². The van der Waals surface area contributed by atoms with Gasteiger partial charge in [-0.05, 0) is 25.2 Å². The lowest BCUT2D eigenvalue weighted by Gasteiger charge is -2.32. The Kier molecular flexibility index (Phi) is 4.50. The number of rotatable bonds is 3. The van der Waals surface area contributed by atoms with Gasteiger partial charge >= 0.3 is 0 Å². The number of hydrogen-bond donors (Lipinski definition) is 2. The number of likely N-dealkylation sites (N-methyl/N-ethyl adjacent to an activating group) is 1. The number of carbonyl (C=O) groups excluding carboxylic acids is 1. The van der Waals surface area contributed by atoms with Gasteiger partial charge in [-0.2, -0.15) is 5.26 Å². The maximum Gasteiger partial charge on any atom is 0.225 e. The molecule has 0 saturated carbocycles. The molecule has 1 unspecified atom stereocenters. The van der Waals surface area contributed by atoms with Crippen LogP contribution in [0, 0.1) is 11.3 Å². The molecule has 1 aliphatic rings. The third kappa shape index (κ3) is 3.78. The molecule has 5 heteroatoms. The molecule has 0 radical (unpaired) electrons. The minimum absolute atomic E-state index is 0.0179. The summed E-state index contributed by atoms with van der Waals surface area (Å²) in [5.74, 6) is -0.0179. The Balaban J connectivity index is 1.91. The molecule has 2 N–H and O–H groups in total. The molecule has 1 aliphatic heterocycles. The van der Waals surface area contributed by atoms with Crippen LogP contribution in [0.25, 0.3) is 0 Å². The van der Waals surface area contributed by atoms with Gasteiger partial charge in [0.15, 0.2) is 0 Å². The van der Waals surface area contributed by atoms with E-state index in [2.05, 4.69) is 21.6 Å². The van der Waals surface area contributed by atoms with Gasteiger partial charge in [-0.25, -0.2) is 0 Å². The number of nitrogens with one attached hydrogen (secondary N) is 2. The van der Waals surface area contributed by atoms with Crippen LogP contribution in [-0.2, 0) is 4.79 Å². The van der Waals surface area contributed by atoms with Crippen molar-refractivity contribution in [3.8, 4) is 6.07 Å². The average Bonchev–Trinajstić information content (AvgIpc) is 2.41. The lowest BCUT2D eigenvalue weighted by molar-refractivity contribution is -0.117. The highest BCUT2D eigenvalue weighted by Crippen LogP contribution is 2.12. The van der Waals surface area contributed by atoms with Gasteiger partial charge in [0.25, 0.3) is 0 Å². The van der Waals surface area contributed by atoms with Crippen molar-refractivity contribution in [2.75, 3.05) is 32.0 Å². The first-order valence-corrected chi connectivity index (χ1v) is 6.40. The van der Waals surface area contributed by atoms with E-state index in [1.54, 1.807) is 24.3 Å². The molecule has 0 spiro atoms. The van der Waals surface area contributed by atoms with Crippen LogP contribution in [0.3, 0.4) is 0 Å². The van der Waals surface area contributed by atoms with Gasteiger partial charge in [-0.3, -0.25) is 4.79 Å². The van der Waals surface area contributed by atoms with Gasteiger partial charge in [0.2, 0.25) is 5.91 Å². The molecular weight excluding hydrogens is 240 g/mol. The third-order valence-electron chi connectivity index (χ3n) is 3.34. The van der Waals surface area contributed by atoms with Crippen LogP contribution in [0.1, 0.15) is 12.0 Å². The molecule has 1 amide bonds. The summed E-state index contributed by atoms with van der Waals surface area (Å²) in [6.45, 7) is 2.77. The highest BCUT2D eigenvalue weighted by atomic mass is 16.1. The summed E-state index contributed by atoms with van der Waals surface area (Å²) < 4.78 is 0. The van der Waals surface area contributed by atoms with Crippen LogP contribution >= 0.6 is 0 Å². The topological polar surface area (TPSA) is 68.2 Å². The molecule has 1 heterocycles. The van der Waals surface area contributed by atoms with Gasteiger partial charge in [-0.1, -0.05) is 6.07 Å². The van der Waals surface area contributed by atoms with Crippen LogP contribution in [0.2, 0.25) is 0 Å². The Bertz CT molecular complexity index is 494. The summed E-state index contributed by atoms with van der Waals surface area (Å²) in [6.07, 6.45) is 0.459. The van der Waals surface area contributed by atoms with Crippen LogP contribution in [0.15, 0.2) is 24.3 Å². The summed E-state index contributed by atoms with van der Waals surface area (Å²) in [6, 6.07) is 9.25. The lowest BCUT2D eigenvalue weighted by Crippen LogP contribution is -2.50. The van der Waals surface area contributed by atoms with Gasteiger partial charge in [0.1, 0.15) is 0 Å². The fourth-order valence-corrected chi connectivity index (χ4v) is 2.18. The maximum atomic E-state index is 12.0. The van der Waals surface area contributed by atoms with Crippen molar-refractivity contribution < 1.29 is 4.79 Å². The first-order chi connectivity index (χ1) is 9.19. The zero-order valence-corrected chi connectivity index (χ0v) is 11.0. The number of hydrogen-bond acceptors (Lipinski definition) is 4. The molecule has 100 valence electrons. The van der Waals surface area contributed by atoms with Gasteiger partial charge in [0, 0.05) is 37.8 Å². The highest BCUT2D eigenvalue weighted by molar-refractivity contribution is 5.91. The van der Waals surface area contributed by atoms with E-state index in [4.69, 9.17) is 5.26 Å². The van der Waals surface area contributed by atoms with E-state index in [-0.39, 0.29) is 11.9 Å². The summed E-state index contributed by atoms with van der Waals surface area (Å²) >= 11 is 0. The SMILES string of the molecule is CN1CCNCC1CC(=O)Nc1cccc(C#N)c1. The largest absolute Gasteiger partial charge is 0.326 e. The number of nitrogens with zero attached hydrogens (tertiary/aromatic N) is 2. The number of amides is 1. The second-order valence-corrected chi connectivity index (χ2v) is 4.78. The maximum absolute atomic E-state index is 12.0. The fraction of sp³-hybridized carbons (Fsp3) is 0.429. The Morgan fingerprint density at radius 2 is 2.47 bits per heavy atom. The van der Waals surface area contributed by atoms with Crippen LogP contribution in [0.4, 0.5) is 5.69 Å². The molecule has 0 aliphatic carbocycles. The highest BCUT2D eigenvalue weighted by Gasteiger charge is 2.21. The Labute approximate surface area is 113 Å². The molecule has 0 bridgehead atoms. The Morgan fingerprint density at radius 1 is 1.63 bits per heavy atom. The molecule has 19 heavy (non-hydrogen) atoms. The smallest absolute Gasteiger partial charge is 0.225 e. The standard InChI is InChI=1S/C14H18N4O/c1-18-6-5-16-10-13(18)8-14(19)17-12-4-2-3-11(7-12)9-15/h2-4,7,13,16H,5-6,8,10H2,1H3,(H,17,19). The zero-order chi connectivity index (χ0) is 13.7. The number of piperazine rings is 1. The molecular formula is C14H18N4O. The third-order valence-corrected chi connectivity index (χ3v) is 3.34. The summed E-state index contributed by atoms with van der Waals surface area (Å²) in [7, 11) is 2.04. The second-order valence-electron chi connectivity index (χ2n) is 4.78. The zero-order valence-electron chi connectivity index (χ0n) is 11.0. The Morgan fingerprint density at radius 3 is 3.21 bits per heavy atom. The Hall–Kier alpha value is -1.90. The molecule has 1 saturated heterocycles.